The summed E-state index contributed by atoms with van der Waals surface area (Å²) in [5.41, 5.74) is 6.60. The highest BCUT2D eigenvalue weighted by Crippen LogP contribution is 2.36. The summed E-state index contributed by atoms with van der Waals surface area (Å²) in [4.78, 5) is 4.78. The third-order valence-electron chi connectivity index (χ3n) is 5.17. The lowest BCUT2D eigenvalue weighted by Gasteiger charge is -2.24. The van der Waals surface area contributed by atoms with Crippen LogP contribution in [0.2, 0.25) is 0 Å². The van der Waals surface area contributed by atoms with Crippen molar-refractivity contribution in [3.05, 3.63) is 59.9 Å². The van der Waals surface area contributed by atoms with E-state index in [-0.39, 0.29) is 6.10 Å². The van der Waals surface area contributed by atoms with Crippen molar-refractivity contribution in [2.75, 3.05) is 26.9 Å². The van der Waals surface area contributed by atoms with E-state index < -0.39 is 0 Å². The molecule has 0 aliphatic carbocycles. The van der Waals surface area contributed by atoms with E-state index in [0.29, 0.717) is 26.4 Å². The number of imidazole rings is 1. The number of benzene rings is 2. The summed E-state index contributed by atoms with van der Waals surface area (Å²) in [6.45, 7) is 6.81. The molecule has 1 aromatic heterocycles. The number of rotatable bonds is 5. The maximum atomic E-state index is 5.88. The summed E-state index contributed by atoms with van der Waals surface area (Å²) in [6, 6.07) is 14.6. The molecule has 2 aromatic carbocycles. The lowest BCUT2D eigenvalue weighted by molar-refractivity contribution is -0.0934. The molecule has 1 aliphatic heterocycles. The lowest BCUT2D eigenvalue weighted by Crippen LogP contribution is -2.32. The minimum atomic E-state index is 0.0324. The second-order valence-electron chi connectivity index (χ2n) is 7.16. The molecule has 0 amide bonds. The molecular weight excluding hydrogens is 352 g/mol. The van der Waals surface area contributed by atoms with Gasteiger partial charge in [0.15, 0.2) is 0 Å². The first kappa shape index (κ1) is 18.7. The molecule has 1 fully saturated rings. The minimum absolute atomic E-state index is 0.0324. The van der Waals surface area contributed by atoms with Crippen molar-refractivity contribution in [3.8, 4) is 28.3 Å². The minimum Gasteiger partial charge on any atom is -0.496 e. The molecule has 1 unspecified atom stereocenters. The van der Waals surface area contributed by atoms with Gasteiger partial charge in [0, 0.05) is 11.1 Å². The summed E-state index contributed by atoms with van der Waals surface area (Å²) < 4.78 is 19.2. The Hall–Kier alpha value is -2.63. The molecule has 0 N–H and O–H groups in total. The molecule has 28 heavy (non-hydrogen) atoms. The summed E-state index contributed by atoms with van der Waals surface area (Å²) in [5.74, 6) is 0.901. The van der Waals surface area contributed by atoms with Crippen molar-refractivity contribution in [3.63, 3.8) is 0 Å². The fourth-order valence-electron chi connectivity index (χ4n) is 3.74. The van der Waals surface area contributed by atoms with Gasteiger partial charge in [-0.3, -0.25) is 0 Å². The van der Waals surface area contributed by atoms with Crippen LogP contribution < -0.4 is 4.74 Å². The van der Waals surface area contributed by atoms with Gasteiger partial charge in [-0.05, 0) is 37.1 Å². The van der Waals surface area contributed by atoms with Gasteiger partial charge in [-0.2, -0.15) is 0 Å². The molecule has 4 rings (SSSR count). The van der Waals surface area contributed by atoms with E-state index in [1.165, 1.54) is 0 Å². The van der Waals surface area contributed by atoms with Crippen LogP contribution >= 0.6 is 0 Å². The molecule has 0 spiro atoms. The van der Waals surface area contributed by atoms with Gasteiger partial charge in [-0.15, -0.1) is 0 Å². The molecular formula is C23H26N2O3. The molecule has 146 valence electrons. The third-order valence-corrected chi connectivity index (χ3v) is 5.17. The predicted molar refractivity (Wildman–Crippen MR) is 110 cm³/mol. The summed E-state index contributed by atoms with van der Waals surface area (Å²) in [7, 11) is 1.71. The Morgan fingerprint density at radius 2 is 1.93 bits per heavy atom. The average molecular weight is 378 g/mol. The van der Waals surface area contributed by atoms with Crippen LogP contribution in [0.3, 0.4) is 0 Å². The van der Waals surface area contributed by atoms with Gasteiger partial charge in [0.1, 0.15) is 5.75 Å². The number of hydrogen-bond donors (Lipinski definition) is 0. The maximum absolute atomic E-state index is 5.88. The van der Waals surface area contributed by atoms with Crippen LogP contribution in [0.15, 0.2) is 48.8 Å². The second kappa shape index (κ2) is 8.17. The van der Waals surface area contributed by atoms with Crippen LogP contribution in [0.25, 0.3) is 22.5 Å². The van der Waals surface area contributed by atoms with Gasteiger partial charge in [-0.25, -0.2) is 4.98 Å². The van der Waals surface area contributed by atoms with Crippen molar-refractivity contribution in [2.45, 2.75) is 26.5 Å². The van der Waals surface area contributed by atoms with Crippen LogP contribution in [0.5, 0.6) is 5.75 Å². The number of methoxy groups -OCH3 is 1. The number of ether oxygens (including phenoxy) is 3. The van der Waals surface area contributed by atoms with Crippen LogP contribution in [-0.2, 0) is 16.0 Å². The van der Waals surface area contributed by atoms with Crippen LogP contribution in [0.4, 0.5) is 0 Å². The van der Waals surface area contributed by atoms with Gasteiger partial charge in [0.2, 0.25) is 0 Å². The Bertz CT molecular complexity index is 944. The molecule has 1 saturated heterocycles. The maximum Gasteiger partial charge on any atom is 0.122 e. The van der Waals surface area contributed by atoms with Crippen molar-refractivity contribution in [1.82, 2.24) is 9.55 Å². The highest BCUT2D eigenvalue weighted by Gasteiger charge is 2.22. The first-order valence-corrected chi connectivity index (χ1v) is 9.63. The molecule has 5 heteroatoms. The molecule has 3 aromatic rings. The largest absolute Gasteiger partial charge is 0.496 e. The first-order valence-electron chi connectivity index (χ1n) is 9.63. The molecule has 5 nitrogen and oxygen atoms in total. The Kier molecular flexibility index (Phi) is 5.46. The first-order chi connectivity index (χ1) is 13.7. The molecule has 0 radical (unpaired) electrons. The highest BCUT2D eigenvalue weighted by molar-refractivity contribution is 5.81. The monoisotopic (exact) mass is 378 g/mol. The summed E-state index contributed by atoms with van der Waals surface area (Å²) in [6.07, 6.45) is 1.94. The van der Waals surface area contributed by atoms with Crippen LogP contribution in [-0.4, -0.2) is 42.6 Å². The van der Waals surface area contributed by atoms with E-state index in [9.17, 15) is 0 Å². The van der Waals surface area contributed by atoms with E-state index >= 15 is 0 Å². The highest BCUT2D eigenvalue weighted by atomic mass is 16.6. The lowest BCUT2D eigenvalue weighted by atomic mass is 9.98. The number of aryl methyl sites for hydroxylation is 2. The number of nitrogens with zero attached hydrogens (tertiary/aromatic N) is 2. The van der Waals surface area contributed by atoms with E-state index in [2.05, 4.69) is 42.7 Å². The summed E-state index contributed by atoms with van der Waals surface area (Å²) in [5, 5.41) is 0. The Labute approximate surface area is 165 Å². The standard InChI is InChI=1S/C23H26N2O3/c1-16-12-21(26-3)17(2)11-20(16)23-22(18-7-5-4-6-8-18)24-15-25(23)13-19-14-27-9-10-28-19/h4-8,11-12,15,19H,9-10,13-14H2,1-3H3. The zero-order chi connectivity index (χ0) is 19.5. The summed E-state index contributed by atoms with van der Waals surface area (Å²) >= 11 is 0. The molecule has 0 bridgehead atoms. The number of aromatic nitrogens is 2. The van der Waals surface area contributed by atoms with Gasteiger partial charge in [0.25, 0.3) is 0 Å². The fraction of sp³-hybridized carbons (Fsp3) is 0.348. The molecule has 1 aliphatic rings. The molecule has 0 saturated carbocycles. The normalized spacial score (nSPS) is 16.9. The fourth-order valence-corrected chi connectivity index (χ4v) is 3.74. The second-order valence-corrected chi connectivity index (χ2v) is 7.16. The van der Waals surface area contributed by atoms with Gasteiger partial charge >= 0.3 is 0 Å². The van der Waals surface area contributed by atoms with E-state index in [0.717, 1.165) is 39.4 Å². The van der Waals surface area contributed by atoms with Crippen molar-refractivity contribution in [2.24, 2.45) is 0 Å². The van der Waals surface area contributed by atoms with Crippen LogP contribution in [0, 0.1) is 13.8 Å². The van der Waals surface area contributed by atoms with E-state index in [4.69, 9.17) is 19.2 Å². The topological polar surface area (TPSA) is 45.5 Å². The van der Waals surface area contributed by atoms with Gasteiger partial charge in [-0.1, -0.05) is 30.3 Å². The van der Waals surface area contributed by atoms with Crippen molar-refractivity contribution in [1.29, 1.82) is 0 Å². The predicted octanol–water partition coefficient (Wildman–Crippen LogP) is 4.26. The Morgan fingerprint density at radius 3 is 2.64 bits per heavy atom. The zero-order valence-corrected chi connectivity index (χ0v) is 16.6. The zero-order valence-electron chi connectivity index (χ0n) is 16.6. The van der Waals surface area contributed by atoms with E-state index in [1.807, 2.05) is 24.5 Å². The van der Waals surface area contributed by atoms with Crippen molar-refractivity contribution >= 4 is 0 Å². The van der Waals surface area contributed by atoms with Crippen LogP contribution in [0.1, 0.15) is 11.1 Å². The number of hydrogen-bond acceptors (Lipinski definition) is 4. The average Bonchev–Trinajstić information content (AvgIpc) is 3.14. The van der Waals surface area contributed by atoms with E-state index in [1.54, 1.807) is 7.11 Å². The van der Waals surface area contributed by atoms with Gasteiger partial charge < -0.3 is 18.8 Å². The SMILES string of the molecule is COc1cc(C)c(-c2c(-c3ccccc3)ncn2CC2COCCO2)cc1C. The quantitative estimate of drug-likeness (QED) is 0.666. The smallest absolute Gasteiger partial charge is 0.122 e. The Balaban J connectivity index is 1.83. The van der Waals surface area contributed by atoms with Gasteiger partial charge in [0.05, 0.1) is 57.3 Å². The third kappa shape index (κ3) is 3.68. The molecule has 2 heterocycles. The van der Waals surface area contributed by atoms with Crippen molar-refractivity contribution < 1.29 is 14.2 Å². The molecule has 1 atom stereocenters. The Morgan fingerprint density at radius 1 is 1.11 bits per heavy atom.